The number of quaternary nitrogens is 1. The number of rotatable bonds is 5. The third kappa shape index (κ3) is 4.45. The number of hydrogen-bond donors (Lipinski definition) is 2. The molecular formula is C23H29N4O2S+. The highest BCUT2D eigenvalue weighted by Gasteiger charge is 2.26. The van der Waals surface area contributed by atoms with E-state index in [4.69, 9.17) is 4.74 Å². The molecule has 2 heterocycles. The van der Waals surface area contributed by atoms with Crippen LogP contribution in [0, 0.1) is 17.2 Å². The average Bonchev–Trinajstić information content (AvgIpc) is 3.09. The van der Waals surface area contributed by atoms with Crippen molar-refractivity contribution in [3.63, 3.8) is 0 Å². The maximum Gasteiger partial charge on any atom is 0.280 e. The predicted molar refractivity (Wildman–Crippen MR) is 120 cm³/mol. The van der Waals surface area contributed by atoms with Crippen LogP contribution in [-0.2, 0) is 17.6 Å². The van der Waals surface area contributed by atoms with Crippen molar-refractivity contribution in [2.24, 2.45) is 5.92 Å². The number of benzene rings is 1. The molecule has 4 rings (SSSR count). The second-order valence-electron chi connectivity index (χ2n) is 8.33. The molecule has 1 aliphatic heterocycles. The van der Waals surface area contributed by atoms with E-state index < -0.39 is 0 Å². The highest BCUT2D eigenvalue weighted by atomic mass is 32.1. The summed E-state index contributed by atoms with van der Waals surface area (Å²) in [6, 6.07) is 10.5. The van der Waals surface area contributed by atoms with Gasteiger partial charge in [0.15, 0.2) is 6.54 Å². The molecule has 30 heavy (non-hydrogen) atoms. The van der Waals surface area contributed by atoms with Crippen LogP contribution in [0.15, 0.2) is 24.3 Å². The maximum absolute atomic E-state index is 12.7. The Kier molecular flexibility index (Phi) is 6.26. The fourth-order valence-electron chi connectivity index (χ4n) is 4.42. The van der Waals surface area contributed by atoms with Crippen LogP contribution in [0.2, 0.25) is 0 Å². The van der Waals surface area contributed by atoms with Crippen LogP contribution in [0.1, 0.15) is 29.3 Å². The molecule has 1 saturated heterocycles. The van der Waals surface area contributed by atoms with Crippen molar-refractivity contribution in [1.82, 2.24) is 0 Å². The molecule has 7 heteroatoms. The Balaban J connectivity index is 1.33. The van der Waals surface area contributed by atoms with E-state index in [2.05, 4.69) is 35.3 Å². The average molecular weight is 426 g/mol. The zero-order valence-corrected chi connectivity index (χ0v) is 18.5. The molecule has 1 amide bonds. The number of methoxy groups -OCH3 is 1. The number of amides is 1. The molecular weight excluding hydrogens is 396 g/mol. The monoisotopic (exact) mass is 425 g/mol. The number of anilines is 2. The van der Waals surface area contributed by atoms with Crippen molar-refractivity contribution in [1.29, 1.82) is 5.26 Å². The Bertz CT molecular complexity index is 957. The highest BCUT2D eigenvalue weighted by Crippen LogP contribution is 2.39. The van der Waals surface area contributed by atoms with E-state index in [1.54, 1.807) is 18.4 Å². The zero-order valence-electron chi connectivity index (χ0n) is 17.7. The lowest BCUT2D eigenvalue weighted by atomic mass is 9.89. The van der Waals surface area contributed by atoms with Crippen molar-refractivity contribution in [2.45, 2.75) is 26.2 Å². The second-order valence-corrected chi connectivity index (χ2v) is 9.44. The van der Waals surface area contributed by atoms with Crippen LogP contribution >= 0.6 is 11.3 Å². The van der Waals surface area contributed by atoms with E-state index in [9.17, 15) is 10.1 Å². The molecule has 6 nitrogen and oxygen atoms in total. The van der Waals surface area contributed by atoms with Gasteiger partial charge in [0.1, 0.15) is 16.8 Å². The van der Waals surface area contributed by atoms with Gasteiger partial charge in [0.25, 0.3) is 5.91 Å². The van der Waals surface area contributed by atoms with Crippen LogP contribution in [0.4, 0.5) is 10.7 Å². The lowest BCUT2D eigenvalue weighted by molar-refractivity contribution is -0.892. The number of fused-ring (bicyclic) bond motifs is 1. The second kappa shape index (κ2) is 9.07. The first-order chi connectivity index (χ1) is 14.6. The van der Waals surface area contributed by atoms with Gasteiger partial charge in [0, 0.05) is 16.6 Å². The molecule has 1 aromatic carbocycles. The SMILES string of the molecule is COc1cccc(N2CC[NH+](CC(=O)Nc3sc4c(c3C#N)CC[C@H](C)C4)CC2)c1. The van der Waals surface area contributed by atoms with Gasteiger partial charge in [-0.15, -0.1) is 11.3 Å². The van der Waals surface area contributed by atoms with Gasteiger partial charge in [-0.25, -0.2) is 0 Å². The lowest BCUT2D eigenvalue weighted by Crippen LogP contribution is -3.15. The fraction of sp³-hybridized carbons (Fsp3) is 0.478. The molecule has 2 N–H and O–H groups in total. The maximum atomic E-state index is 12.7. The van der Waals surface area contributed by atoms with E-state index in [-0.39, 0.29) is 5.91 Å². The molecule has 1 aliphatic carbocycles. The van der Waals surface area contributed by atoms with E-state index >= 15 is 0 Å². The number of carbonyl (C=O) groups is 1. The molecule has 0 bridgehead atoms. The summed E-state index contributed by atoms with van der Waals surface area (Å²) >= 11 is 1.60. The number of nitriles is 1. The predicted octanol–water partition coefficient (Wildman–Crippen LogP) is 2.10. The first-order valence-corrected chi connectivity index (χ1v) is 11.5. The summed E-state index contributed by atoms with van der Waals surface area (Å²) in [5.41, 5.74) is 3.01. The van der Waals surface area contributed by atoms with Gasteiger partial charge in [0.2, 0.25) is 0 Å². The van der Waals surface area contributed by atoms with Crippen LogP contribution in [0.3, 0.4) is 0 Å². The van der Waals surface area contributed by atoms with Gasteiger partial charge in [-0.2, -0.15) is 5.26 Å². The smallest absolute Gasteiger partial charge is 0.280 e. The van der Waals surface area contributed by atoms with E-state index in [1.165, 1.54) is 9.78 Å². The van der Waals surface area contributed by atoms with Crippen molar-refractivity contribution >= 4 is 27.9 Å². The van der Waals surface area contributed by atoms with Crippen LogP contribution in [0.25, 0.3) is 0 Å². The van der Waals surface area contributed by atoms with E-state index in [0.717, 1.165) is 67.4 Å². The Morgan fingerprint density at radius 3 is 2.93 bits per heavy atom. The summed E-state index contributed by atoms with van der Waals surface area (Å²) in [7, 11) is 1.68. The van der Waals surface area contributed by atoms with Gasteiger partial charge in [-0.05, 0) is 42.9 Å². The molecule has 0 saturated carbocycles. The number of hydrogen-bond acceptors (Lipinski definition) is 5. The normalized spacial score (nSPS) is 19.1. The van der Waals surface area contributed by atoms with Crippen molar-refractivity contribution in [2.75, 3.05) is 50.1 Å². The first-order valence-electron chi connectivity index (χ1n) is 10.6. The van der Waals surface area contributed by atoms with Crippen molar-refractivity contribution in [3.8, 4) is 11.8 Å². The highest BCUT2D eigenvalue weighted by molar-refractivity contribution is 7.16. The number of nitrogens with zero attached hydrogens (tertiary/aromatic N) is 2. The summed E-state index contributed by atoms with van der Waals surface area (Å²) in [6.07, 6.45) is 3.08. The summed E-state index contributed by atoms with van der Waals surface area (Å²) < 4.78 is 5.32. The fourth-order valence-corrected chi connectivity index (χ4v) is 5.80. The zero-order chi connectivity index (χ0) is 21.1. The molecule has 158 valence electrons. The first kappa shape index (κ1) is 20.7. The molecule has 2 aromatic rings. The molecule has 0 radical (unpaired) electrons. The topological polar surface area (TPSA) is 69.8 Å². The van der Waals surface area contributed by atoms with Gasteiger partial charge in [0.05, 0.1) is 38.9 Å². The largest absolute Gasteiger partial charge is 0.497 e. The Hall–Kier alpha value is -2.56. The van der Waals surface area contributed by atoms with Gasteiger partial charge in [-0.1, -0.05) is 13.0 Å². The number of piperazine rings is 1. The summed E-state index contributed by atoms with van der Waals surface area (Å²) in [4.78, 5) is 17.6. The standard InChI is InChI=1S/C23H28N4O2S/c1-16-6-7-19-20(14-24)23(30-21(19)12-16)25-22(28)15-26-8-10-27(11-9-26)17-4-3-5-18(13-17)29-2/h3-5,13,16H,6-12,15H2,1-2H3,(H,25,28)/p+1/t16-/m0/s1. The lowest BCUT2D eigenvalue weighted by Gasteiger charge is -2.33. The number of nitrogens with one attached hydrogen (secondary N) is 2. The number of carbonyl (C=O) groups excluding carboxylic acids is 1. The molecule has 0 spiro atoms. The third-order valence-corrected chi connectivity index (χ3v) is 7.35. The molecule has 0 unspecified atom stereocenters. The Morgan fingerprint density at radius 1 is 1.40 bits per heavy atom. The minimum absolute atomic E-state index is 0.00276. The minimum atomic E-state index is 0.00276. The minimum Gasteiger partial charge on any atom is -0.497 e. The Labute approximate surface area is 182 Å². The number of thiophene rings is 1. The number of ether oxygens (including phenoxy) is 1. The molecule has 1 fully saturated rings. The van der Waals surface area contributed by atoms with Crippen molar-refractivity contribution in [3.05, 3.63) is 40.3 Å². The van der Waals surface area contributed by atoms with Crippen LogP contribution < -0.4 is 19.9 Å². The van der Waals surface area contributed by atoms with Crippen LogP contribution in [-0.4, -0.2) is 45.7 Å². The third-order valence-electron chi connectivity index (χ3n) is 6.18. The van der Waals surface area contributed by atoms with E-state index in [0.29, 0.717) is 18.0 Å². The molecule has 1 aromatic heterocycles. The quantitative estimate of drug-likeness (QED) is 0.770. The summed E-state index contributed by atoms with van der Waals surface area (Å²) in [5, 5.41) is 13.4. The summed E-state index contributed by atoms with van der Waals surface area (Å²) in [5.74, 6) is 1.52. The van der Waals surface area contributed by atoms with E-state index in [1.807, 2.05) is 12.1 Å². The van der Waals surface area contributed by atoms with Crippen molar-refractivity contribution < 1.29 is 14.4 Å². The molecule has 1 atom stereocenters. The van der Waals surface area contributed by atoms with Gasteiger partial charge < -0.3 is 19.9 Å². The summed E-state index contributed by atoms with van der Waals surface area (Å²) in [6.45, 7) is 6.33. The van der Waals surface area contributed by atoms with Crippen LogP contribution in [0.5, 0.6) is 5.75 Å². The molecule has 2 aliphatic rings. The van der Waals surface area contributed by atoms with Gasteiger partial charge >= 0.3 is 0 Å². The van der Waals surface area contributed by atoms with Gasteiger partial charge in [-0.3, -0.25) is 4.79 Å². The Morgan fingerprint density at radius 2 is 2.20 bits per heavy atom.